The predicted molar refractivity (Wildman–Crippen MR) is 324 cm³/mol. The van der Waals surface area contributed by atoms with E-state index in [9.17, 15) is 0 Å². The number of aryl methyl sites for hydroxylation is 4. The molecule has 10 aromatic carbocycles. The quantitative estimate of drug-likeness (QED) is 0.152. The standard InChI is InChI=1S/C72H54N4S/c1-43-24-26-45(3)59(32-43)55-35-54(36-56(37-55)60-33-44(2)25-27-46(60)4)50-21-15-20-49(34-50)51-28-29-53-40-68(77-67(53)39-51)52-30-31-57-61-41-62-58-22-13-14-23-65(58)76(66(62)42-64(61)72(5,6)63(57)38-52)71-74-69(47-16-9-7-10-17-47)73-70(75-71)48-18-11-8-12-19-48/h7-42H,1-6H3. The van der Waals surface area contributed by atoms with Crippen molar-refractivity contribution in [3.8, 4) is 94.8 Å². The number of nitrogens with zero attached hydrogens (tertiary/aromatic N) is 4. The average molecular weight is 1010 g/mol. The van der Waals surface area contributed by atoms with Crippen LogP contribution in [0.3, 0.4) is 0 Å². The van der Waals surface area contributed by atoms with Gasteiger partial charge in [-0.2, -0.15) is 9.97 Å². The molecule has 368 valence electrons. The van der Waals surface area contributed by atoms with Crippen molar-refractivity contribution in [2.24, 2.45) is 0 Å². The molecule has 3 heterocycles. The summed E-state index contributed by atoms with van der Waals surface area (Å²) in [7, 11) is 0. The maximum Gasteiger partial charge on any atom is 0.238 e. The molecular formula is C72H54N4S. The van der Waals surface area contributed by atoms with E-state index < -0.39 is 0 Å². The molecule has 3 aromatic heterocycles. The highest BCUT2D eigenvalue weighted by molar-refractivity contribution is 7.22. The lowest BCUT2D eigenvalue weighted by molar-refractivity contribution is 0.661. The highest BCUT2D eigenvalue weighted by Crippen LogP contribution is 2.52. The summed E-state index contributed by atoms with van der Waals surface area (Å²) >= 11 is 1.87. The zero-order valence-electron chi connectivity index (χ0n) is 44.0. The van der Waals surface area contributed by atoms with E-state index in [1.165, 1.54) is 115 Å². The van der Waals surface area contributed by atoms with Gasteiger partial charge in [0.25, 0.3) is 0 Å². The molecular weight excluding hydrogens is 953 g/mol. The summed E-state index contributed by atoms with van der Waals surface area (Å²) in [4.78, 5) is 16.7. The Morgan fingerprint density at radius 1 is 0.364 bits per heavy atom. The minimum atomic E-state index is -0.271. The highest BCUT2D eigenvalue weighted by atomic mass is 32.1. The second-order valence-electron chi connectivity index (χ2n) is 21.5. The molecule has 5 heteroatoms. The van der Waals surface area contributed by atoms with Crippen LogP contribution in [-0.4, -0.2) is 19.5 Å². The summed E-state index contributed by atoms with van der Waals surface area (Å²) in [6.07, 6.45) is 0. The lowest BCUT2D eigenvalue weighted by Gasteiger charge is -2.22. The van der Waals surface area contributed by atoms with E-state index in [1.54, 1.807) is 0 Å². The van der Waals surface area contributed by atoms with Crippen molar-refractivity contribution in [1.82, 2.24) is 19.5 Å². The number of aromatic nitrogens is 4. The molecule has 77 heavy (non-hydrogen) atoms. The van der Waals surface area contributed by atoms with Crippen molar-refractivity contribution in [1.29, 1.82) is 0 Å². The third-order valence-corrected chi connectivity index (χ3v) is 17.2. The monoisotopic (exact) mass is 1010 g/mol. The number of rotatable bonds is 8. The van der Waals surface area contributed by atoms with Gasteiger partial charge in [-0.05, 0) is 177 Å². The first-order valence-corrected chi connectivity index (χ1v) is 27.4. The molecule has 0 radical (unpaired) electrons. The van der Waals surface area contributed by atoms with Crippen LogP contribution >= 0.6 is 11.3 Å². The number of thiophene rings is 1. The zero-order valence-corrected chi connectivity index (χ0v) is 44.8. The number of benzene rings is 10. The lowest BCUT2D eigenvalue weighted by atomic mass is 9.81. The fourth-order valence-electron chi connectivity index (χ4n) is 11.9. The molecule has 14 rings (SSSR count). The Hall–Kier alpha value is -9.03. The molecule has 1 aliphatic carbocycles. The van der Waals surface area contributed by atoms with E-state index in [2.05, 4.69) is 228 Å². The van der Waals surface area contributed by atoms with E-state index in [0.717, 1.165) is 27.5 Å². The fraction of sp³-hybridized carbons (Fsp3) is 0.0972. The molecule has 0 unspecified atom stereocenters. The Morgan fingerprint density at radius 2 is 0.922 bits per heavy atom. The molecule has 0 amide bonds. The molecule has 0 aliphatic heterocycles. The Kier molecular flexibility index (Phi) is 10.9. The SMILES string of the molecule is Cc1ccc(C)c(-c2cc(-c3cccc(-c4ccc5cc(-c6ccc7c(c6)C(C)(C)c6cc8c(cc6-7)c6ccccc6n8-c6nc(-c7ccccc7)nc(-c7ccccc7)n6)sc5c4)c3)cc(-c3cc(C)ccc3C)c2)c1. The van der Waals surface area contributed by atoms with Crippen LogP contribution in [-0.2, 0) is 5.41 Å². The van der Waals surface area contributed by atoms with Gasteiger partial charge in [0.15, 0.2) is 11.6 Å². The van der Waals surface area contributed by atoms with Crippen molar-refractivity contribution in [3.05, 3.63) is 252 Å². The average Bonchev–Trinajstić information content (AvgIpc) is 4.11. The van der Waals surface area contributed by atoms with Crippen molar-refractivity contribution >= 4 is 43.2 Å². The fourth-order valence-corrected chi connectivity index (χ4v) is 13.0. The summed E-state index contributed by atoms with van der Waals surface area (Å²) in [5, 5.41) is 3.60. The van der Waals surface area contributed by atoms with Crippen LogP contribution in [0.2, 0.25) is 0 Å². The van der Waals surface area contributed by atoms with E-state index in [-0.39, 0.29) is 5.41 Å². The van der Waals surface area contributed by atoms with Crippen LogP contribution in [0, 0.1) is 27.7 Å². The first kappa shape index (κ1) is 46.5. The molecule has 4 nitrogen and oxygen atoms in total. The Labute approximate surface area is 453 Å². The van der Waals surface area contributed by atoms with Gasteiger partial charge in [-0.1, -0.05) is 183 Å². The van der Waals surface area contributed by atoms with Crippen LogP contribution < -0.4 is 0 Å². The first-order valence-electron chi connectivity index (χ1n) is 26.6. The van der Waals surface area contributed by atoms with Crippen LogP contribution in [0.4, 0.5) is 0 Å². The highest BCUT2D eigenvalue weighted by Gasteiger charge is 2.37. The molecule has 0 N–H and O–H groups in total. The van der Waals surface area contributed by atoms with Crippen molar-refractivity contribution in [2.45, 2.75) is 47.0 Å². The molecule has 1 aliphatic rings. The van der Waals surface area contributed by atoms with Gasteiger partial charge in [-0.15, -0.1) is 11.3 Å². The van der Waals surface area contributed by atoms with E-state index >= 15 is 0 Å². The minimum absolute atomic E-state index is 0.271. The van der Waals surface area contributed by atoms with Gasteiger partial charge in [0, 0.05) is 36.9 Å². The summed E-state index contributed by atoms with van der Waals surface area (Å²) in [6.45, 7) is 13.6. The van der Waals surface area contributed by atoms with Gasteiger partial charge in [0.05, 0.1) is 11.0 Å². The van der Waals surface area contributed by atoms with Gasteiger partial charge < -0.3 is 0 Å². The summed E-state index contributed by atoms with van der Waals surface area (Å²) in [5.41, 5.74) is 25.2. The predicted octanol–water partition coefficient (Wildman–Crippen LogP) is 19.4. The van der Waals surface area contributed by atoms with Crippen LogP contribution in [0.15, 0.2) is 218 Å². The maximum atomic E-state index is 5.22. The molecule has 0 spiro atoms. The number of hydrogen-bond acceptors (Lipinski definition) is 4. The molecule has 0 atom stereocenters. The molecule has 0 saturated heterocycles. The minimum Gasteiger partial charge on any atom is -0.278 e. The lowest BCUT2D eigenvalue weighted by Crippen LogP contribution is -2.15. The topological polar surface area (TPSA) is 43.6 Å². The second kappa shape index (κ2) is 18.1. The largest absolute Gasteiger partial charge is 0.278 e. The maximum absolute atomic E-state index is 5.22. The van der Waals surface area contributed by atoms with Gasteiger partial charge in [0.1, 0.15) is 0 Å². The second-order valence-corrected chi connectivity index (χ2v) is 22.6. The Bertz CT molecular complexity index is 4390. The Balaban J connectivity index is 0.824. The van der Waals surface area contributed by atoms with Gasteiger partial charge in [0.2, 0.25) is 5.95 Å². The zero-order chi connectivity index (χ0) is 52.1. The third kappa shape index (κ3) is 8.00. The number of fused-ring (bicyclic) bond motifs is 7. The van der Waals surface area contributed by atoms with Crippen LogP contribution in [0.25, 0.3) is 127 Å². The van der Waals surface area contributed by atoms with E-state index in [4.69, 9.17) is 15.0 Å². The first-order chi connectivity index (χ1) is 37.5. The van der Waals surface area contributed by atoms with Crippen LogP contribution in [0.1, 0.15) is 47.2 Å². The van der Waals surface area contributed by atoms with Gasteiger partial charge in [-0.25, -0.2) is 4.98 Å². The van der Waals surface area contributed by atoms with E-state index in [1.807, 2.05) is 47.7 Å². The Morgan fingerprint density at radius 3 is 1.60 bits per heavy atom. The third-order valence-electron chi connectivity index (χ3n) is 16.0. The smallest absolute Gasteiger partial charge is 0.238 e. The van der Waals surface area contributed by atoms with E-state index in [0.29, 0.717) is 17.6 Å². The molecule has 0 bridgehead atoms. The van der Waals surface area contributed by atoms with Crippen molar-refractivity contribution in [2.75, 3.05) is 0 Å². The van der Waals surface area contributed by atoms with Gasteiger partial charge >= 0.3 is 0 Å². The molecule has 0 fully saturated rings. The van der Waals surface area contributed by atoms with Crippen molar-refractivity contribution < 1.29 is 0 Å². The van der Waals surface area contributed by atoms with Crippen molar-refractivity contribution in [3.63, 3.8) is 0 Å². The summed E-state index contributed by atoms with van der Waals surface area (Å²) < 4.78 is 3.52. The van der Waals surface area contributed by atoms with Crippen LogP contribution in [0.5, 0.6) is 0 Å². The number of hydrogen-bond donors (Lipinski definition) is 0. The summed E-state index contributed by atoms with van der Waals surface area (Å²) in [5.74, 6) is 1.88. The molecule has 13 aromatic rings. The summed E-state index contributed by atoms with van der Waals surface area (Å²) in [6, 6.07) is 80.1. The van der Waals surface area contributed by atoms with Gasteiger partial charge in [-0.3, -0.25) is 4.57 Å². The normalized spacial score (nSPS) is 12.6. The molecule has 0 saturated carbocycles. The number of para-hydroxylation sites is 1.